The molecular weight excluding hydrogens is 372 g/mol. The molecule has 29 heavy (non-hydrogen) atoms. The number of hydrogen-bond donors (Lipinski definition) is 0. The van der Waals surface area contributed by atoms with Gasteiger partial charge in [-0.1, -0.05) is 18.2 Å². The lowest BCUT2D eigenvalue weighted by molar-refractivity contribution is 0.0718. The molecule has 2 amide bonds. The van der Waals surface area contributed by atoms with E-state index in [1.807, 2.05) is 30.3 Å². The van der Waals surface area contributed by atoms with E-state index in [0.29, 0.717) is 54.6 Å². The SMILES string of the molecule is COc1cc(C(=O)N2CCCN(C(=O)c3ccccc3)CC2)cc(OC)c1OC. The van der Waals surface area contributed by atoms with Crippen LogP contribution >= 0.6 is 0 Å². The van der Waals surface area contributed by atoms with E-state index < -0.39 is 0 Å². The van der Waals surface area contributed by atoms with Gasteiger partial charge in [0, 0.05) is 37.3 Å². The molecule has 0 aromatic heterocycles. The maximum absolute atomic E-state index is 13.1. The Bertz CT molecular complexity index is 844. The van der Waals surface area contributed by atoms with Crippen LogP contribution in [0, 0.1) is 0 Å². The molecule has 7 nitrogen and oxygen atoms in total. The minimum Gasteiger partial charge on any atom is -0.493 e. The number of hydrogen-bond acceptors (Lipinski definition) is 5. The van der Waals surface area contributed by atoms with Gasteiger partial charge in [0.15, 0.2) is 11.5 Å². The second kappa shape index (κ2) is 9.32. The van der Waals surface area contributed by atoms with Gasteiger partial charge in [0.05, 0.1) is 21.3 Å². The van der Waals surface area contributed by atoms with Gasteiger partial charge in [-0.2, -0.15) is 0 Å². The number of carbonyl (C=O) groups is 2. The summed E-state index contributed by atoms with van der Waals surface area (Å²) in [7, 11) is 4.56. The zero-order valence-corrected chi connectivity index (χ0v) is 17.0. The molecule has 154 valence electrons. The molecule has 7 heteroatoms. The van der Waals surface area contributed by atoms with Gasteiger partial charge in [-0.25, -0.2) is 0 Å². The second-order valence-electron chi connectivity index (χ2n) is 6.72. The van der Waals surface area contributed by atoms with Crippen molar-refractivity contribution in [1.82, 2.24) is 9.80 Å². The monoisotopic (exact) mass is 398 g/mol. The third kappa shape index (κ3) is 4.45. The third-order valence-electron chi connectivity index (χ3n) is 5.00. The Morgan fingerprint density at radius 2 is 1.24 bits per heavy atom. The number of benzene rings is 2. The standard InChI is InChI=1S/C22H26N2O5/c1-27-18-14-17(15-19(28-2)20(18)29-3)22(26)24-11-7-10-23(12-13-24)21(25)16-8-5-4-6-9-16/h4-6,8-9,14-15H,7,10-13H2,1-3H3. The highest BCUT2D eigenvalue weighted by Gasteiger charge is 2.25. The molecule has 1 fully saturated rings. The molecule has 0 bridgehead atoms. The van der Waals surface area contributed by atoms with Gasteiger partial charge in [-0.05, 0) is 30.7 Å². The van der Waals surface area contributed by atoms with Crippen molar-refractivity contribution in [1.29, 1.82) is 0 Å². The normalized spacial score (nSPS) is 14.2. The number of nitrogens with zero attached hydrogens (tertiary/aromatic N) is 2. The van der Waals surface area contributed by atoms with Crippen LogP contribution in [0.4, 0.5) is 0 Å². The van der Waals surface area contributed by atoms with Crippen molar-refractivity contribution in [3.63, 3.8) is 0 Å². The van der Waals surface area contributed by atoms with Gasteiger partial charge in [-0.15, -0.1) is 0 Å². The van der Waals surface area contributed by atoms with Gasteiger partial charge in [0.25, 0.3) is 11.8 Å². The van der Waals surface area contributed by atoms with Crippen LogP contribution in [0.2, 0.25) is 0 Å². The summed E-state index contributed by atoms with van der Waals surface area (Å²) in [6.45, 7) is 2.15. The smallest absolute Gasteiger partial charge is 0.254 e. The fourth-order valence-corrected chi connectivity index (χ4v) is 3.47. The van der Waals surface area contributed by atoms with Gasteiger partial charge in [0.1, 0.15) is 0 Å². The number of carbonyl (C=O) groups excluding carboxylic acids is 2. The first-order valence-electron chi connectivity index (χ1n) is 9.52. The fourth-order valence-electron chi connectivity index (χ4n) is 3.47. The number of amides is 2. The molecule has 2 aromatic rings. The van der Waals surface area contributed by atoms with Crippen molar-refractivity contribution in [2.45, 2.75) is 6.42 Å². The zero-order valence-electron chi connectivity index (χ0n) is 17.0. The first-order valence-corrected chi connectivity index (χ1v) is 9.52. The van der Waals surface area contributed by atoms with Gasteiger partial charge in [-0.3, -0.25) is 9.59 Å². The average Bonchev–Trinajstić information content (AvgIpc) is 3.03. The van der Waals surface area contributed by atoms with Crippen LogP contribution in [0.3, 0.4) is 0 Å². The van der Waals surface area contributed by atoms with E-state index in [9.17, 15) is 9.59 Å². The summed E-state index contributed by atoms with van der Waals surface area (Å²) < 4.78 is 16.0. The molecule has 1 aliphatic heterocycles. The maximum atomic E-state index is 13.1. The molecule has 1 aliphatic rings. The van der Waals surface area contributed by atoms with Crippen molar-refractivity contribution >= 4 is 11.8 Å². The molecule has 0 unspecified atom stereocenters. The van der Waals surface area contributed by atoms with Crippen molar-refractivity contribution < 1.29 is 23.8 Å². The first kappa shape index (κ1) is 20.5. The topological polar surface area (TPSA) is 68.3 Å². The van der Waals surface area contributed by atoms with Crippen molar-refractivity contribution in [3.8, 4) is 17.2 Å². The maximum Gasteiger partial charge on any atom is 0.254 e. The van der Waals surface area contributed by atoms with Crippen LogP contribution in [-0.2, 0) is 0 Å². The third-order valence-corrected chi connectivity index (χ3v) is 5.00. The first-order chi connectivity index (χ1) is 14.1. The summed E-state index contributed by atoms with van der Waals surface area (Å²) in [4.78, 5) is 29.4. The quantitative estimate of drug-likeness (QED) is 0.775. The summed E-state index contributed by atoms with van der Waals surface area (Å²) in [6.07, 6.45) is 0.717. The highest BCUT2D eigenvalue weighted by atomic mass is 16.5. The minimum absolute atomic E-state index is 0.00677. The van der Waals surface area contributed by atoms with Crippen LogP contribution in [0.25, 0.3) is 0 Å². The Morgan fingerprint density at radius 1 is 0.724 bits per heavy atom. The van der Waals surface area contributed by atoms with Crippen molar-refractivity contribution in [2.24, 2.45) is 0 Å². The summed E-state index contributed by atoms with van der Waals surface area (Å²) >= 11 is 0. The van der Waals surface area contributed by atoms with Crippen LogP contribution in [0.1, 0.15) is 27.1 Å². The summed E-state index contributed by atoms with van der Waals surface area (Å²) in [5, 5.41) is 0. The minimum atomic E-state index is -0.127. The van der Waals surface area contributed by atoms with E-state index in [1.54, 1.807) is 21.9 Å². The Morgan fingerprint density at radius 3 is 1.72 bits per heavy atom. The average molecular weight is 398 g/mol. The van der Waals surface area contributed by atoms with E-state index in [0.717, 1.165) is 6.42 Å². The van der Waals surface area contributed by atoms with Crippen molar-refractivity contribution in [2.75, 3.05) is 47.5 Å². The molecule has 0 saturated carbocycles. The Labute approximate surface area is 170 Å². The predicted octanol–water partition coefficient (Wildman–Crippen LogP) is 2.70. The van der Waals surface area contributed by atoms with Gasteiger partial charge in [0.2, 0.25) is 5.75 Å². The Balaban J connectivity index is 1.75. The second-order valence-corrected chi connectivity index (χ2v) is 6.72. The molecule has 0 N–H and O–H groups in total. The zero-order chi connectivity index (χ0) is 20.8. The molecule has 0 spiro atoms. The highest BCUT2D eigenvalue weighted by Crippen LogP contribution is 2.38. The fraction of sp³-hybridized carbons (Fsp3) is 0.364. The van der Waals surface area contributed by atoms with E-state index in [-0.39, 0.29) is 11.8 Å². The van der Waals surface area contributed by atoms with Crippen LogP contribution in [0.15, 0.2) is 42.5 Å². The van der Waals surface area contributed by atoms with Gasteiger partial charge >= 0.3 is 0 Å². The molecular formula is C22H26N2O5. The highest BCUT2D eigenvalue weighted by molar-refractivity contribution is 5.96. The lowest BCUT2D eigenvalue weighted by Crippen LogP contribution is -2.37. The Hall–Kier alpha value is -3.22. The molecule has 2 aromatic carbocycles. The predicted molar refractivity (Wildman–Crippen MR) is 109 cm³/mol. The number of methoxy groups -OCH3 is 3. The molecule has 3 rings (SSSR count). The largest absolute Gasteiger partial charge is 0.493 e. The molecule has 1 heterocycles. The Kier molecular flexibility index (Phi) is 6.59. The van der Waals surface area contributed by atoms with E-state index in [4.69, 9.17) is 14.2 Å². The van der Waals surface area contributed by atoms with E-state index in [1.165, 1.54) is 21.3 Å². The van der Waals surface area contributed by atoms with Crippen LogP contribution < -0.4 is 14.2 Å². The summed E-state index contributed by atoms with van der Waals surface area (Å²) in [6, 6.07) is 12.5. The van der Waals surface area contributed by atoms with E-state index in [2.05, 4.69) is 0 Å². The number of rotatable bonds is 5. The van der Waals surface area contributed by atoms with Crippen LogP contribution in [0.5, 0.6) is 17.2 Å². The lowest BCUT2D eigenvalue weighted by atomic mass is 10.1. The van der Waals surface area contributed by atoms with Crippen molar-refractivity contribution in [3.05, 3.63) is 53.6 Å². The lowest BCUT2D eigenvalue weighted by Gasteiger charge is -2.23. The number of ether oxygens (including phenoxy) is 3. The van der Waals surface area contributed by atoms with E-state index >= 15 is 0 Å². The molecule has 0 radical (unpaired) electrons. The molecule has 1 saturated heterocycles. The summed E-state index contributed by atoms with van der Waals surface area (Å²) in [5.41, 5.74) is 1.12. The van der Waals surface area contributed by atoms with Gasteiger partial charge < -0.3 is 24.0 Å². The molecule has 0 aliphatic carbocycles. The van der Waals surface area contributed by atoms with Crippen LogP contribution in [-0.4, -0.2) is 69.1 Å². The molecule has 0 atom stereocenters. The summed E-state index contributed by atoms with van der Waals surface area (Å²) in [5.74, 6) is 1.19.